The molecule has 0 saturated heterocycles. The summed E-state index contributed by atoms with van der Waals surface area (Å²) >= 11 is 0. The number of hydrogen-bond acceptors (Lipinski definition) is 2. The Kier molecular flexibility index (Phi) is 5.22. The van der Waals surface area contributed by atoms with E-state index in [1.54, 1.807) is 6.08 Å². The third-order valence-corrected chi connectivity index (χ3v) is 5.11. The summed E-state index contributed by atoms with van der Waals surface area (Å²) in [5, 5.41) is 17.9. The van der Waals surface area contributed by atoms with E-state index in [0.29, 0.717) is 36.0 Å². The van der Waals surface area contributed by atoms with Gasteiger partial charge in [0.2, 0.25) is 0 Å². The lowest BCUT2D eigenvalue weighted by atomic mass is 9.59. The second kappa shape index (κ2) is 6.95. The maximum absolute atomic E-state index is 11.3. The van der Waals surface area contributed by atoms with Crippen molar-refractivity contribution in [3.05, 3.63) is 36.5 Å². The summed E-state index contributed by atoms with van der Waals surface area (Å²) in [6.45, 7) is 4.31. The van der Waals surface area contributed by atoms with Gasteiger partial charge >= 0.3 is 11.9 Å². The average molecular weight is 304 g/mol. The zero-order valence-corrected chi connectivity index (χ0v) is 13.1. The number of allylic oxidation sites excluding steroid dienone is 5. The fourth-order valence-corrected chi connectivity index (χ4v) is 4.11. The number of hydrogen-bond donors (Lipinski definition) is 2. The van der Waals surface area contributed by atoms with Gasteiger partial charge in [0.1, 0.15) is 0 Å². The van der Waals surface area contributed by atoms with E-state index in [0.717, 1.165) is 12.5 Å². The van der Waals surface area contributed by atoms with Gasteiger partial charge in [-0.15, -0.1) is 0 Å². The summed E-state index contributed by atoms with van der Waals surface area (Å²) in [6, 6.07) is 0. The highest BCUT2D eigenvalue weighted by atomic mass is 16.4. The van der Waals surface area contributed by atoms with E-state index in [1.165, 1.54) is 0 Å². The van der Waals surface area contributed by atoms with Gasteiger partial charge in [-0.25, -0.2) is 4.79 Å². The first-order chi connectivity index (χ1) is 10.4. The van der Waals surface area contributed by atoms with Gasteiger partial charge in [-0.05, 0) is 42.4 Å². The second-order valence-electron chi connectivity index (χ2n) is 6.63. The summed E-state index contributed by atoms with van der Waals surface area (Å²) in [5.74, 6) is -0.0681. The van der Waals surface area contributed by atoms with E-state index in [1.807, 2.05) is 6.08 Å². The van der Waals surface area contributed by atoms with Gasteiger partial charge in [0, 0.05) is 6.08 Å². The van der Waals surface area contributed by atoms with Crippen molar-refractivity contribution in [2.24, 2.45) is 35.5 Å². The number of aliphatic carboxylic acids is 2. The summed E-state index contributed by atoms with van der Waals surface area (Å²) in [7, 11) is 0. The number of carboxylic acid groups (broad SMARTS) is 2. The van der Waals surface area contributed by atoms with Crippen LogP contribution < -0.4 is 0 Å². The van der Waals surface area contributed by atoms with Gasteiger partial charge in [0.25, 0.3) is 0 Å². The van der Waals surface area contributed by atoms with Crippen LogP contribution >= 0.6 is 0 Å². The highest BCUT2D eigenvalue weighted by Gasteiger charge is 2.43. The van der Waals surface area contributed by atoms with Crippen molar-refractivity contribution < 1.29 is 19.8 Å². The third-order valence-electron chi connectivity index (χ3n) is 5.11. The molecule has 0 aromatic rings. The molecule has 4 nitrogen and oxygen atoms in total. The minimum atomic E-state index is -0.950. The van der Waals surface area contributed by atoms with Gasteiger partial charge in [-0.2, -0.15) is 0 Å². The average Bonchev–Trinajstić information content (AvgIpc) is 2.45. The molecule has 2 rings (SSSR count). The molecule has 0 heterocycles. The first-order valence-electron chi connectivity index (χ1n) is 7.89. The normalized spacial score (nSPS) is 38.3. The molecule has 2 N–H and O–H groups in total. The Balaban J connectivity index is 2.16. The molecule has 0 unspecified atom stereocenters. The predicted octanol–water partition coefficient (Wildman–Crippen LogP) is 3.37. The van der Waals surface area contributed by atoms with Gasteiger partial charge < -0.3 is 10.2 Å². The molecule has 2 aliphatic rings. The number of carboxylic acids is 2. The van der Waals surface area contributed by atoms with Crippen LogP contribution in [-0.2, 0) is 9.59 Å². The first-order valence-corrected chi connectivity index (χ1v) is 7.89. The van der Waals surface area contributed by atoms with Crippen molar-refractivity contribution in [1.29, 1.82) is 0 Å². The summed E-state index contributed by atoms with van der Waals surface area (Å²) in [6.07, 6.45) is 12.4. The molecule has 0 aliphatic heterocycles. The standard InChI is InChI=1S/C18H24O4/c1-11-7-8-13-10-14(18(21)22)9-12(2)17(13)15(11)5-3-4-6-16(19)20/h3-8,11-15,17H,9-10H2,1-2H3,(H,19,20)(H,21,22)/t11-,12+,13-,14-,15-,17-/m0/s1. The number of fused-ring (bicyclic) bond motifs is 1. The van der Waals surface area contributed by atoms with Crippen LogP contribution in [0.2, 0.25) is 0 Å². The molecule has 4 heteroatoms. The monoisotopic (exact) mass is 304 g/mol. The molecular weight excluding hydrogens is 280 g/mol. The summed E-state index contributed by atoms with van der Waals surface area (Å²) in [4.78, 5) is 21.8. The Labute approximate surface area is 131 Å². The predicted molar refractivity (Wildman–Crippen MR) is 84.2 cm³/mol. The van der Waals surface area contributed by atoms with Crippen LogP contribution in [0.1, 0.15) is 26.7 Å². The molecule has 1 fully saturated rings. The van der Waals surface area contributed by atoms with Crippen molar-refractivity contribution >= 4 is 11.9 Å². The van der Waals surface area contributed by atoms with Crippen LogP contribution in [0.5, 0.6) is 0 Å². The van der Waals surface area contributed by atoms with Crippen molar-refractivity contribution in [2.45, 2.75) is 26.7 Å². The van der Waals surface area contributed by atoms with E-state index in [9.17, 15) is 14.7 Å². The first kappa shape index (κ1) is 16.5. The molecule has 0 aromatic heterocycles. The molecule has 0 amide bonds. The Morgan fingerprint density at radius 1 is 1.09 bits per heavy atom. The highest BCUT2D eigenvalue weighted by Crippen LogP contribution is 2.48. The zero-order chi connectivity index (χ0) is 16.3. The Hall–Kier alpha value is -1.84. The molecule has 6 atom stereocenters. The molecule has 0 spiro atoms. The molecular formula is C18H24O4. The lowest BCUT2D eigenvalue weighted by molar-refractivity contribution is -0.145. The molecule has 0 aromatic carbocycles. The Bertz CT molecular complexity index is 517. The van der Waals surface area contributed by atoms with Gasteiger partial charge in [-0.3, -0.25) is 4.79 Å². The highest BCUT2D eigenvalue weighted by molar-refractivity contribution is 5.80. The SMILES string of the molecule is C[C@@H]1C[C@H](C(=O)O)C[C@@H]2C=C[C@H](C)[C@H](C=CC=CC(=O)O)[C@@H]12. The minimum absolute atomic E-state index is 0.245. The smallest absolute Gasteiger partial charge is 0.328 e. The van der Waals surface area contributed by atoms with E-state index in [4.69, 9.17) is 5.11 Å². The minimum Gasteiger partial charge on any atom is -0.481 e. The van der Waals surface area contributed by atoms with Gasteiger partial charge in [0.15, 0.2) is 0 Å². The quantitative estimate of drug-likeness (QED) is 0.474. The molecule has 22 heavy (non-hydrogen) atoms. The largest absolute Gasteiger partial charge is 0.481 e. The molecule has 0 bridgehead atoms. The Morgan fingerprint density at radius 2 is 1.82 bits per heavy atom. The summed E-state index contributed by atoms with van der Waals surface area (Å²) in [5.41, 5.74) is 0. The zero-order valence-electron chi connectivity index (χ0n) is 13.1. The van der Waals surface area contributed by atoms with Gasteiger partial charge in [0.05, 0.1) is 5.92 Å². The van der Waals surface area contributed by atoms with Crippen molar-refractivity contribution in [3.8, 4) is 0 Å². The third kappa shape index (κ3) is 3.67. The van der Waals surface area contributed by atoms with Crippen LogP contribution in [0.15, 0.2) is 36.5 Å². The molecule has 2 aliphatic carbocycles. The molecule has 0 radical (unpaired) electrons. The molecule has 120 valence electrons. The molecule has 1 saturated carbocycles. The van der Waals surface area contributed by atoms with E-state index in [2.05, 4.69) is 32.1 Å². The van der Waals surface area contributed by atoms with Crippen LogP contribution in [0.4, 0.5) is 0 Å². The van der Waals surface area contributed by atoms with Crippen LogP contribution in [0, 0.1) is 35.5 Å². The van der Waals surface area contributed by atoms with Crippen molar-refractivity contribution in [3.63, 3.8) is 0 Å². The number of rotatable bonds is 4. The van der Waals surface area contributed by atoms with E-state index in [-0.39, 0.29) is 5.92 Å². The second-order valence-corrected chi connectivity index (χ2v) is 6.63. The van der Waals surface area contributed by atoms with Crippen LogP contribution in [0.3, 0.4) is 0 Å². The topological polar surface area (TPSA) is 74.6 Å². The Morgan fingerprint density at radius 3 is 2.45 bits per heavy atom. The fourth-order valence-electron chi connectivity index (χ4n) is 4.11. The lowest BCUT2D eigenvalue weighted by Gasteiger charge is -2.45. The van der Waals surface area contributed by atoms with Gasteiger partial charge in [-0.1, -0.05) is 44.2 Å². The fraction of sp³-hybridized carbons (Fsp3) is 0.556. The van der Waals surface area contributed by atoms with E-state index < -0.39 is 11.9 Å². The van der Waals surface area contributed by atoms with Crippen LogP contribution in [0.25, 0.3) is 0 Å². The summed E-state index contributed by atoms with van der Waals surface area (Å²) < 4.78 is 0. The van der Waals surface area contributed by atoms with Crippen LogP contribution in [-0.4, -0.2) is 22.2 Å². The van der Waals surface area contributed by atoms with E-state index >= 15 is 0 Å². The lowest BCUT2D eigenvalue weighted by Crippen LogP contribution is -2.41. The van der Waals surface area contributed by atoms with Crippen molar-refractivity contribution in [1.82, 2.24) is 0 Å². The maximum atomic E-state index is 11.3. The maximum Gasteiger partial charge on any atom is 0.328 e. The van der Waals surface area contributed by atoms with Crippen molar-refractivity contribution in [2.75, 3.05) is 0 Å². The number of carbonyl (C=O) groups is 2.